The van der Waals surface area contributed by atoms with Crippen molar-refractivity contribution in [2.45, 2.75) is 105 Å². The first-order chi connectivity index (χ1) is 33.0. The molecule has 0 unspecified atom stereocenters. The molecule has 4 amide bonds. The maximum Gasteiger partial charge on any atom is 0.407 e. The number of aromatic amines is 2. The molecule has 14 heteroatoms. The predicted octanol–water partition coefficient (Wildman–Crippen LogP) is 10.1. The highest BCUT2D eigenvalue weighted by molar-refractivity contribution is 5.89. The van der Waals surface area contributed by atoms with Crippen molar-refractivity contribution in [2.24, 2.45) is 17.8 Å². The van der Waals surface area contributed by atoms with Gasteiger partial charge in [-0.2, -0.15) is 0 Å². The molecule has 2 aromatic heterocycles. The number of fused-ring (bicyclic) bond motifs is 10. The molecule has 2 aliphatic carbocycles. The molecule has 2 aliphatic heterocycles. The number of amides is 4. The van der Waals surface area contributed by atoms with Crippen LogP contribution in [-0.2, 0) is 31.9 Å². The van der Waals surface area contributed by atoms with Gasteiger partial charge in [-0.1, -0.05) is 106 Å². The standard InChI is InChI=1S/C55H66N8O6/c1-11-35-14-16-37-17-15-36(25-41(37)39-19-21-43-45(27-39)59-51(57-43)47-23-33(7)29-63(47)53(65)49(31(4)5)61-55(67)69-10)13-12-34(8)40(24-35)38-18-20-42-44(26-38)58-50(56-42)46-22-32(6)28-62(46)52(64)48(30(2)3)60-54(66)68-9/h11,15,17-27,30-31,34,46-49H,12-14,16,28-29H2,1-10H3,(H,56,58)(H,57,59)(H,60,66)(H,61,67)/b35-11-,40-24+/t34-,46+,47+,48+,49+/m1/s1. The van der Waals surface area contributed by atoms with Crippen molar-refractivity contribution < 1.29 is 28.7 Å². The first-order valence-corrected chi connectivity index (χ1v) is 24.2. The number of H-pyrrole nitrogens is 2. The zero-order chi connectivity index (χ0) is 49.3. The molecule has 0 fully saturated rings. The van der Waals surface area contributed by atoms with E-state index in [1.807, 2.05) is 41.5 Å². The largest absolute Gasteiger partial charge is 0.453 e. The van der Waals surface area contributed by atoms with E-state index >= 15 is 0 Å². The predicted molar refractivity (Wildman–Crippen MR) is 270 cm³/mol. The molecule has 9 rings (SSSR count). The summed E-state index contributed by atoms with van der Waals surface area (Å²) in [7, 11) is 2.59. The lowest BCUT2D eigenvalue weighted by Crippen LogP contribution is -2.51. The first-order valence-electron chi connectivity index (χ1n) is 24.2. The number of ether oxygens (including phenoxy) is 2. The van der Waals surface area contributed by atoms with Gasteiger partial charge in [-0.15, -0.1) is 0 Å². The topological polar surface area (TPSA) is 175 Å². The molecule has 362 valence electrons. The van der Waals surface area contributed by atoms with E-state index in [1.165, 1.54) is 42.1 Å². The summed E-state index contributed by atoms with van der Waals surface area (Å²) in [6.45, 7) is 17.0. The molecule has 3 aromatic carbocycles. The van der Waals surface area contributed by atoms with E-state index in [1.54, 1.807) is 9.80 Å². The lowest BCUT2D eigenvalue weighted by molar-refractivity contribution is -0.135. The summed E-state index contributed by atoms with van der Waals surface area (Å²) in [5, 5.41) is 5.47. The second kappa shape index (κ2) is 20.3. The molecule has 4 aliphatic rings. The first kappa shape index (κ1) is 48.5. The van der Waals surface area contributed by atoms with Gasteiger partial charge in [0, 0.05) is 13.1 Å². The Morgan fingerprint density at radius 1 is 0.710 bits per heavy atom. The van der Waals surface area contributed by atoms with Crippen LogP contribution in [0.25, 0.3) is 38.8 Å². The Morgan fingerprint density at radius 2 is 1.23 bits per heavy atom. The van der Waals surface area contributed by atoms with Crippen molar-refractivity contribution in [2.75, 3.05) is 27.3 Å². The van der Waals surface area contributed by atoms with Crippen LogP contribution in [0.3, 0.4) is 0 Å². The van der Waals surface area contributed by atoms with Gasteiger partial charge in [0.15, 0.2) is 0 Å². The third-order valence-electron chi connectivity index (χ3n) is 13.9. The SMILES string of the molecule is C/C=C1\C=C(\c2ccc3nc([C@@H]4C=C(C)CN4C(=O)[C@@H](NC(=O)OC)C(C)C)[nH]c3c2)[C@H](C)CCc2ccc(c(-c3ccc4nc([C@@H]5C=C(C)CN5C(=O)[C@@H](NC(=O)OC)C(C)C)[nH]c4c3)c2)CC1. The Kier molecular flexibility index (Phi) is 14.3. The van der Waals surface area contributed by atoms with Crippen LogP contribution in [0.5, 0.6) is 0 Å². The maximum atomic E-state index is 13.9. The number of aromatic nitrogens is 4. The Bertz CT molecular complexity index is 2920. The Morgan fingerprint density at radius 3 is 1.74 bits per heavy atom. The van der Waals surface area contributed by atoms with E-state index in [9.17, 15) is 19.2 Å². The third kappa shape index (κ3) is 10.3. The van der Waals surface area contributed by atoms with Crippen LogP contribution in [0.2, 0.25) is 0 Å². The quantitative estimate of drug-likeness (QED) is 0.100. The number of carbonyl (C=O) groups excluding carboxylic acids is 4. The minimum atomic E-state index is -0.740. The van der Waals surface area contributed by atoms with Gasteiger partial charge >= 0.3 is 12.2 Å². The van der Waals surface area contributed by atoms with Gasteiger partial charge in [0.25, 0.3) is 0 Å². The molecule has 69 heavy (non-hydrogen) atoms. The summed E-state index contributed by atoms with van der Waals surface area (Å²) in [6, 6.07) is 17.4. The molecule has 14 nitrogen and oxygen atoms in total. The summed E-state index contributed by atoms with van der Waals surface area (Å²) in [5.74, 6) is 0.940. The Balaban J connectivity index is 1.04. The minimum absolute atomic E-state index is 0.143. The highest BCUT2D eigenvalue weighted by Crippen LogP contribution is 2.38. The van der Waals surface area contributed by atoms with Crippen LogP contribution in [0.15, 0.2) is 95.6 Å². The van der Waals surface area contributed by atoms with E-state index in [0.717, 1.165) is 70.0 Å². The summed E-state index contributed by atoms with van der Waals surface area (Å²) < 4.78 is 9.67. The lowest BCUT2D eigenvalue weighted by atomic mass is 9.84. The molecule has 5 atom stereocenters. The fourth-order valence-electron chi connectivity index (χ4n) is 9.98. The van der Waals surface area contributed by atoms with E-state index in [2.05, 4.69) is 113 Å². The van der Waals surface area contributed by atoms with Gasteiger partial charge in [0.1, 0.15) is 35.8 Å². The minimum Gasteiger partial charge on any atom is -0.453 e. The smallest absolute Gasteiger partial charge is 0.407 e. The highest BCUT2D eigenvalue weighted by atomic mass is 16.5. The molecule has 5 aromatic rings. The fourth-order valence-corrected chi connectivity index (χ4v) is 9.98. The molecular weight excluding hydrogens is 869 g/mol. The van der Waals surface area contributed by atoms with E-state index in [-0.39, 0.29) is 29.6 Å². The zero-order valence-corrected chi connectivity index (χ0v) is 41.5. The van der Waals surface area contributed by atoms with Crippen molar-refractivity contribution in [1.29, 1.82) is 0 Å². The van der Waals surface area contributed by atoms with E-state index in [4.69, 9.17) is 19.4 Å². The van der Waals surface area contributed by atoms with Crippen LogP contribution in [0, 0.1) is 17.8 Å². The van der Waals surface area contributed by atoms with E-state index in [0.29, 0.717) is 24.7 Å². The molecule has 0 spiro atoms. The van der Waals surface area contributed by atoms with Crippen molar-refractivity contribution in [1.82, 2.24) is 40.4 Å². The number of rotatable bonds is 10. The molecule has 0 saturated carbocycles. The summed E-state index contributed by atoms with van der Waals surface area (Å²) in [5.41, 5.74) is 14.0. The number of alkyl carbamates (subject to hydrolysis) is 2. The van der Waals surface area contributed by atoms with Crippen molar-refractivity contribution in [3.63, 3.8) is 0 Å². The monoisotopic (exact) mass is 935 g/mol. The summed E-state index contributed by atoms with van der Waals surface area (Å²) in [4.78, 5) is 72.9. The second-order valence-electron chi connectivity index (χ2n) is 19.7. The fraction of sp³-hybridized carbons (Fsp3) is 0.418. The van der Waals surface area contributed by atoms with Gasteiger partial charge in [0.05, 0.1) is 36.3 Å². The number of methoxy groups -OCH3 is 2. The number of allylic oxidation sites excluding steroid dienone is 4. The maximum absolute atomic E-state index is 13.9. The van der Waals surface area contributed by atoms with Crippen molar-refractivity contribution >= 4 is 51.6 Å². The molecule has 4 N–H and O–H groups in total. The van der Waals surface area contributed by atoms with Gasteiger partial charge in [-0.25, -0.2) is 19.6 Å². The molecule has 4 heterocycles. The number of carbonyl (C=O) groups is 4. The Hall–Kier alpha value is -6.96. The van der Waals surface area contributed by atoms with Crippen LogP contribution < -0.4 is 10.6 Å². The van der Waals surface area contributed by atoms with E-state index < -0.39 is 36.4 Å². The average Bonchev–Trinajstić information content (AvgIpc) is 4.14. The van der Waals surface area contributed by atoms with Gasteiger partial charge in [-0.3, -0.25) is 9.59 Å². The Labute approximate surface area is 404 Å². The van der Waals surface area contributed by atoms with Crippen LogP contribution >= 0.6 is 0 Å². The van der Waals surface area contributed by atoms with Crippen LogP contribution in [-0.4, -0.2) is 93.1 Å². The van der Waals surface area contributed by atoms with Crippen LogP contribution in [0.4, 0.5) is 9.59 Å². The lowest BCUT2D eigenvalue weighted by Gasteiger charge is -2.30. The molecule has 2 bridgehead atoms. The average molecular weight is 935 g/mol. The van der Waals surface area contributed by atoms with Gasteiger partial charge in [-0.05, 0) is 122 Å². The van der Waals surface area contributed by atoms with Gasteiger partial charge < -0.3 is 39.9 Å². The second-order valence-corrected chi connectivity index (χ2v) is 19.7. The molecular formula is C55H66N8O6. The normalized spacial score (nSPS) is 20.9. The van der Waals surface area contributed by atoms with Gasteiger partial charge in [0.2, 0.25) is 11.8 Å². The van der Waals surface area contributed by atoms with Crippen LogP contribution in [0.1, 0.15) is 109 Å². The summed E-state index contributed by atoms with van der Waals surface area (Å²) in [6.07, 6.45) is 11.0. The molecule has 0 radical (unpaired) electrons. The number of nitrogens with zero attached hydrogens (tertiary/aromatic N) is 4. The summed E-state index contributed by atoms with van der Waals surface area (Å²) >= 11 is 0. The third-order valence-corrected chi connectivity index (χ3v) is 13.9. The zero-order valence-electron chi connectivity index (χ0n) is 41.5. The number of aryl methyl sites for hydroxylation is 2. The number of imidazole rings is 2. The number of hydrogen-bond acceptors (Lipinski definition) is 8. The van der Waals surface area contributed by atoms with Crippen molar-refractivity contribution in [3.05, 3.63) is 124 Å². The number of hydrogen-bond donors (Lipinski definition) is 4. The highest BCUT2D eigenvalue weighted by Gasteiger charge is 2.38. The molecule has 0 saturated heterocycles. The number of nitrogens with one attached hydrogen (secondary N) is 4. The number of benzene rings is 3. The van der Waals surface area contributed by atoms with Crippen molar-refractivity contribution in [3.8, 4) is 11.1 Å².